The molecule has 0 spiro atoms. The average molecular weight is 321 g/mol. The standard InChI is InChI=1S/C17H27N3OS/c1-13-6-4-7-15(10-13)21-14(2)11-19-17(18-3)20-12-16-8-5-9-22-16/h4,6-7,10,14,16H,5,8-9,11-12H2,1-3H3,(H2,18,19,20). The number of hydrogen-bond donors (Lipinski definition) is 2. The first-order valence-corrected chi connectivity index (χ1v) is 9.01. The van der Waals surface area contributed by atoms with Gasteiger partial charge in [-0.1, -0.05) is 12.1 Å². The molecule has 0 aromatic heterocycles. The summed E-state index contributed by atoms with van der Waals surface area (Å²) >= 11 is 2.05. The van der Waals surface area contributed by atoms with Gasteiger partial charge in [0.25, 0.3) is 0 Å². The van der Waals surface area contributed by atoms with Gasteiger partial charge in [-0.25, -0.2) is 0 Å². The molecule has 1 aromatic rings. The maximum atomic E-state index is 5.92. The van der Waals surface area contributed by atoms with Crippen LogP contribution >= 0.6 is 11.8 Å². The summed E-state index contributed by atoms with van der Waals surface area (Å²) in [6.45, 7) is 5.85. The number of nitrogens with zero attached hydrogens (tertiary/aromatic N) is 1. The Balaban J connectivity index is 1.70. The van der Waals surface area contributed by atoms with Gasteiger partial charge in [-0.3, -0.25) is 4.99 Å². The van der Waals surface area contributed by atoms with Crippen molar-refractivity contribution in [1.29, 1.82) is 0 Å². The van der Waals surface area contributed by atoms with Crippen molar-refractivity contribution in [1.82, 2.24) is 10.6 Å². The highest BCUT2D eigenvalue weighted by Gasteiger charge is 2.15. The van der Waals surface area contributed by atoms with Gasteiger partial charge in [0.2, 0.25) is 0 Å². The van der Waals surface area contributed by atoms with Gasteiger partial charge in [-0.15, -0.1) is 0 Å². The van der Waals surface area contributed by atoms with Crippen LogP contribution in [-0.2, 0) is 0 Å². The third kappa shape index (κ3) is 5.79. The second-order valence-corrected chi connectivity index (χ2v) is 7.12. The third-order valence-electron chi connectivity index (χ3n) is 3.63. The van der Waals surface area contributed by atoms with Crippen molar-refractivity contribution < 1.29 is 4.74 Å². The van der Waals surface area contributed by atoms with Crippen molar-refractivity contribution in [3.8, 4) is 5.75 Å². The minimum Gasteiger partial charge on any atom is -0.489 e. The van der Waals surface area contributed by atoms with E-state index in [1.165, 1.54) is 24.2 Å². The predicted octanol–water partition coefficient (Wildman–Crippen LogP) is 2.82. The molecule has 1 saturated heterocycles. The lowest BCUT2D eigenvalue weighted by Gasteiger charge is -2.19. The highest BCUT2D eigenvalue weighted by atomic mass is 32.2. The number of thioether (sulfide) groups is 1. The van der Waals surface area contributed by atoms with Crippen LogP contribution in [0.15, 0.2) is 29.3 Å². The molecule has 1 aromatic carbocycles. The van der Waals surface area contributed by atoms with E-state index in [1.807, 2.05) is 19.2 Å². The zero-order chi connectivity index (χ0) is 15.8. The first kappa shape index (κ1) is 17.0. The van der Waals surface area contributed by atoms with Crippen molar-refractivity contribution in [3.63, 3.8) is 0 Å². The van der Waals surface area contributed by atoms with Crippen LogP contribution in [0.25, 0.3) is 0 Å². The Morgan fingerprint density at radius 1 is 1.45 bits per heavy atom. The molecule has 0 bridgehead atoms. The number of nitrogens with one attached hydrogen (secondary N) is 2. The fraction of sp³-hybridized carbons (Fsp3) is 0.588. The molecule has 122 valence electrons. The lowest BCUT2D eigenvalue weighted by molar-refractivity contribution is 0.223. The van der Waals surface area contributed by atoms with Crippen LogP contribution in [0.5, 0.6) is 5.75 Å². The molecule has 0 amide bonds. The van der Waals surface area contributed by atoms with E-state index in [4.69, 9.17) is 4.74 Å². The summed E-state index contributed by atoms with van der Waals surface area (Å²) in [6.07, 6.45) is 2.73. The van der Waals surface area contributed by atoms with Crippen molar-refractivity contribution >= 4 is 17.7 Å². The van der Waals surface area contributed by atoms with E-state index < -0.39 is 0 Å². The number of benzene rings is 1. The van der Waals surface area contributed by atoms with Crippen molar-refractivity contribution in [2.75, 3.05) is 25.9 Å². The Hall–Kier alpha value is -1.36. The van der Waals surface area contributed by atoms with E-state index in [2.05, 4.69) is 53.4 Å². The lowest BCUT2D eigenvalue weighted by Crippen LogP contribution is -2.43. The van der Waals surface area contributed by atoms with Gasteiger partial charge in [-0.2, -0.15) is 11.8 Å². The number of aliphatic imine (C=N–C) groups is 1. The van der Waals surface area contributed by atoms with Crippen LogP contribution < -0.4 is 15.4 Å². The van der Waals surface area contributed by atoms with Gasteiger partial charge in [0.1, 0.15) is 11.9 Å². The number of guanidine groups is 1. The van der Waals surface area contributed by atoms with Gasteiger partial charge in [0.15, 0.2) is 5.96 Å². The topological polar surface area (TPSA) is 45.7 Å². The molecule has 1 aliphatic heterocycles. The molecule has 2 N–H and O–H groups in total. The second kappa shape index (κ2) is 8.93. The molecule has 2 atom stereocenters. The first-order valence-electron chi connectivity index (χ1n) is 7.97. The third-order valence-corrected chi connectivity index (χ3v) is 5.03. The van der Waals surface area contributed by atoms with Crippen molar-refractivity contribution in [3.05, 3.63) is 29.8 Å². The minimum atomic E-state index is 0.0844. The zero-order valence-corrected chi connectivity index (χ0v) is 14.6. The van der Waals surface area contributed by atoms with Crippen LogP contribution in [0, 0.1) is 6.92 Å². The van der Waals surface area contributed by atoms with Gasteiger partial charge >= 0.3 is 0 Å². The van der Waals surface area contributed by atoms with E-state index in [9.17, 15) is 0 Å². The predicted molar refractivity (Wildman–Crippen MR) is 96.1 cm³/mol. The summed E-state index contributed by atoms with van der Waals surface area (Å²) in [5, 5.41) is 7.46. The van der Waals surface area contributed by atoms with E-state index in [-0.39, 0.29) is 6.10 Å². The lowest BCUT2D eigenvalue weighted by atomic mass is 10.2. The smallest absolute Gasteiger partial charge is 0.191 e. The monoisotopic (exact) mass is 321 g/mol. The minimum absolute atomic E-state index is 0.0844. The van der Waals surface area contributed by atoms with Crippen LogP contribution in [0.2, 0.25) is 0 Å². The number of aryl methyl sites for hydroxylation is 1. The first-order chi connectivity index (χ1) is 10.7. The maximum Gasteiger partial charge on any atom is 0.191 e. The zero-order valence-electron chi connectivity index (χ0n) is 13.8. The Bertz CT molecular complexity index is 487. The molecule has 2 rings (SSSR count). The van der Waals surface area contributed by atoms with Gasteiger partial charge in [0, 0.05) is 18.8 Å². The quantitative estimate of drug-likeness (QED) is 0.625. The Morgan fingerprint density at radius 3 is 3.00 bits per heavy atom. The molecular formula is C17H27N3OS. The van der Waals surface area contributed by atoms with Gasteiger partial charge in [-0.05, 0) is 50.1 Å². The normalized spacial score (nSPS) is 19.8. The van der Waals surface area contributed by atoms with E-state index in [0.717, 1.165) is 30.0 Å². The Labute approximate surface area is 138 Å². The summed E-state index contributed by atoms with van der Waals surface area (Å²) in [4.78, 5) is 4.27. The molecule has 5 heteroatoms. The summed E-state index contributed by atoms with van der Waals surface area (Å²) in [5.74, 6) is 3.06. The van der Waals surface area contributed by atoms with Crippen LogP contribution in [0.1, 0.15) is 25.3 Å². The highest BCUT2D eigenvalue weighted by molar-refractivity contribution is 8.00. The molecule has 1 aliphatic rings. The summed E-state index contributed by atoms with van der Waals surface area (Å²) in [5.41, 5.74) is 1.21. The maximum absolute atomic E-state index is 5.92. The SMILES string of the molecule is CN=C(NCC(C)Oc1cccc(C)c1)NCC1CCCS1. The molecule has 1 heterocycles. The van der Waals surface area contributed by atoms with E-state index in [1.54, 1.807) is 0 Å². The van der Waals surface area contributed by atoms with Gasteiger partial charge in [0.05, 0.1) is 6.54 Å². The fourth-order valence-corrected chi connectivity index (χ4v) is 3.64. The molecule has 0 aliphatic carbocycles. The van der Waals surface area contributed by atoms with E-state index >= 15 is 0 Å². The van der Waals surface area contributed by atoms with Crippen LogP contribution in [-0.4, -0.2) is 43.2 Å². The molecule has 4 nitrogen and oxygen atoms in total. The summed E-state index contributed by atoms with van der Waals surface area (Å²) in [7, 11) is 1.81. The van der Waals surface area contributed by atoms with Crippen molar-refractivity contribution in [2.45, 2.75) is 38.0 Å². The Morgan fingerprint density at radius 2 is 2.32 bits per heavy atom. The largest absolute Gasteiger partial charge is 0.489 e. The molecular weight excluding hydrogens is 294 g/mol. The number of ether oxygens (including phenoxy) is 1. The average Bonchev–Trinajstić information content (AvgIpc) is 3.01. The van der Waals surface area contributed by atoms with Crippen LogP contribution in [0.4, 0.5) is 0 Å². The van der Waals surface area contributed by atoms with Gasteiger partial charge < -0.3 is 15.4 Å². The number of rotatable bonds is 6. The van der Waals surface area contributed by atoms with Crippen molar-refractivity contribution in [2.24, 2.45) is 4.99 Å². The molecule has 0 radical (unpaired) electrons. The van der Waals surface area contributed by atoms with E-state index in [0.29, 0.717) is 0 Å². The molecule has 2 unspecified atom stereocenters. The summed E-state index contributed by atoms with van der Waals surface area (Å²) in [6, 6.07) is 8.14. The summed E-state index contributed by atoms with van der Waals surface area (Å²) < 4.78 is 5.92. The molecule has 1 fully saturated rings. The number of hydrogen-bond acceptors (Lipinski definition) is 3. The second-order valence-electron chi connectivity index (χ2n) is 5.71. The Kier molecular flexibility index (Phi) is 6.90. The molecule has 0 saturated carbocycles. The fourth-order valence-electron chi connectivity index (χ4n) is 2.44. The van der Waals surface area contributed by atoms with Crippen LogP contribution in [0.3, 0.4) is 0 Å². The molecule has 22 heavy (non-hydrogen) atoms. The highest BCUT2D eigenvalue weighted by Crippen LogP contribution is 2.25.